The van der Waals surface area contributed by atoms with Gasteiger partial charge in [0.1, 0.15) is 0 Å². The highest BCUT2D eigenvalue weighted by Crippen LogP contribution is 2.27. The van der Waals surface area contributed by atoms with Crippen LogP contribution in [0.3, 0.4) is 0 Å². The molecule has 3 atom stereocenters. The third kappa shape index (κ3) is 5.73. The van der Waals surface area contributed by atoms with Gasteiger partial charge in [-0.2, -0.15) is 0 Å². The molecule has 26 heavy (non-hydrogen) atoms. The summed E-state index contributed by atoms with van der Waals surface area (Å²) in [6.45, 7) is 4.29. The van der Waals surface area contributed by atoms with Gasteiger partial charge in [-0.15, -0.1) is 11.8 Å². The number of rotatable bonds is 8. The van der Waals surface area contributed by atoms with Crippen molar-refractivity contribution in [2.75, 3.05) is 25.5 Å². The van der Waals surface area contributed by atoms with Crippen LogP contribution < -0.4 is 5.32 Å². The molecule has 0 radical (unpaired) electrons. The average Bonchev–Trinajstić information content (AvgIpc) is 3.18. The number of hydrogen-bond acceptors (Lipinski definition) is 4. The van der Waals surface area contributed by atoms with E-state index in [1.807, 2.05) is 24.3 Å². The summed E-state index contributed by atoms with van der Waals surface area (Å²) in [6, 6.07) is 7.83. The lowest BCUT2D eigenvalue weighted by atomic mass is 9.88. The number of thioether (sulfide) groups is 1. The van der Waals surface area contributed by atoms with E-state index >= 15 is 0 Å². The number of hydrogen-bond donors (Lipinski definition) is 1. The van der Waals surface area contributed by atoms with Crippen LogP contribution in [-0.4, -0.2) is 43.6 Å². The third-order valence-corrected chi connectivity index (χ3v) is 6.54. The zero-order chi connectivity index (χ0) is 18.2. The Labute approximate surface area is 161 Å². The predicted molar refractivity (Wildman–Crippen MR) is 106 cm³/mol. The van der Waals surface area contributed by atoms with Crippen LogP contribution in [-0.2, 0) is 9.47 Å². The lowest BCUT2D eigenvalue weighted by Crippen LogP contribution is -2.32. The molecule has 1 aliphatic carbocycles. The van der Waals surface area contributed by atoms with Crippen molar-refractivity contribution in [1.29, 1.82) is 0 Å². The van der Waals surface area contributed by atoms with Gasteiger partial charge < -0.3 is 14.8 Å². The molecule has 2 fully saturated rings. The smallest absolute Gasteiger partial charge is 0.252 e. The van der Waals surface area contributed by atoms with E-state index in [9.17, 15) is 4.79 Å². The van der Waals surface area contributed by atoms with Crippen LogP contribution in [0.5, 0.6) is 0 Å². The van der Waals surface area contributed by atoms with Crippen molar-refractivity contribution >= 4 is 17.7 Å². The lowest BCUT2D eigenvalue weighted by molar-refractivity contribution is -0.00294. The minimum Gasteiger partial charge on any atom is -0.377 e. The molecule has 5 heteroatoms. The Morgan fingerprint density at radius 2 is 2.08 bits per heavy atom. The van der Waals surface area contributed by atoms with Gasteiger partial charge in [-0.05, 0) is 43.7 Å². The largest absolute Gasteiger partial charge is 0.377 e. The number of ether oxygens (including phenoxy) is 2. The van der Waals surface area contributed by atoms with Gasteiger partial charge in [-0.1, -0.05) is 31.9 Å². The van der Waals surface area contributed by atoms with Gasteiger partial charge in [-0.3, -0.25) is 4.79 Å². The van der Waals surface area contributed by atoms with E-state index in [0.29, 0.717) is 31.3 Å². The van der Waals surface area contributed by atoms with Crippen molar-refractivity contribution in [3.8, 4) is 0 Å². The summed E-state index contributed by atoms with van der Waals surface area (Å²) >= 11 is 1.72. The zero-order valence-electron chi connectivity index (χ0n) is 15.7. The molecule has 144 valence electrons. The zero-order valence-corrected chi connectivity index (χ0v) is 16.6. The highest BCUT2D eigenvalue weighted by atomic mass is 32.2. The fourth-order valence-corrected chi connectivity index (χ4v) is 4.86. The molecular formula is C21H31NO3S. The van der Waals surface area contributed by atoms with Crippen molar-refractivity contribution in [1.82, 2.24) is 5.32 Å². The van der Waals surface area contributed by atoms with E-state index in [1.54, 1.807) is 11.8 Å². The topological polar surface area (TPSA) is 47.6 Å². The van der Waals surface area contributed by atoms with Gasteiger partial charge in [-0.25, -0.2) is 0 Å². The van der Waals surface area contributed by atoms with Crippen LogP contribution in [0.2, 0.25) is 0 Å². The first-order valence-electron chi connectivity index (χ1n) is 9.97. The van der Waals surface area contributed by atoms with Gasteiger partial charge >= 0.3 is 0 Å². The number of nitrogens with one attached hydrogen (secondary N) is 1. The van der Waals surface area contributed by atoms with Gasteiger partial charge in [0, 0.05) is 23.8 Å². The molecule has 1 saturated carbocycles. The Morgan fingerprint density at radius 3 is 2.88 bits per heavy atom. The molecule has 0 spiro atoms. The fourth-order valence-electron chi connectivity index (χ4n) is 3.74. The maximum atomic E-state index is 12.6. The molecule has 1 aliphatic heterocycles. The molecule has 3 unspecified atom stereocenters. The van der Waals surface area contributed by atoms with Gasteiger partial charge in [0.15, 0.2) is 0 Å². The summed E-state index contributed by atoms with van der Waals surface area (Å²) < 4.78 is 11.7. The second-order valence-electron chi connectivity index (χ2n) is 7.37. The second kappa shape index (κ2) is 10.3. The highest BCUT2D eigenvalue weighted by Gasteiger charge is 2.22. The van der Waals surface area contributed by atoms with E-state index in [-0.39, 0.29) is 5.91 Å². The second-order valence-corrected chi connectivity index (χ2v) is 8.43. The first-order chi connectivity index (χ1) is 12.7. The molecule has 1 N–H and O–H groups in total. The van der Waals surface area contributed by atoms with E-state index in [4.69, 9.17) is 9.47 Å². The maximum absolute atomic E-state index is 12.6. The number of benzene rings is 1. The predicted octanol–water partition coefficient (Wildman–Crippen LogP) is 4.28. The van der Waals surface area contributed by atoms with Crippen molar-refractivity contribution in [2.24, 2.45) is 5.92 Å². The molecule has 3 rings (SSSR count). The molecule has 4 nitrogen and oxygen atoms in total. The molecule has 1 aromatic carbocycles. The number of carbonyl (C=O) groups is 1. The highest BCUT2D eigenvalue weighted by molar-refractivity contribution is 7.99. The van der Waals surface area contributed by atoms with Crippen LogP contribution in [0.15, 0.2) is 29.2 Å². The molecule has 1 heterocycles. The Hall–Kier alpha value is -1.04. The van der Waals surface area contributed by atoms with Crippen LogP contribution in [0, 0.1) is 5.92 Å². The van der Waals surface area contributed by atoms with Crippen molar-refractivity contribution < 1.29 is 14.3 Å². The summed E-state index contributed by atoms with van der Waals surface area (Å²) in [6.07, 6.45) is 7.93. The van der Waals surface area contributed by atoms with Gasteiger partial charge in [0.2, 0.25) is 0 Å². The SMILES string of the molecule is CC1CCCCC1OCCNC(=O)c1ccccc1SCC1CCCO1. The van der Waals surface area contributed by atoms with Crippen LogP contribution in [0.1, 0.15) is 55.8 Å². The van der Waals surface area contributed by atoms with Crippen molar-refractivity contribution in [2.45, 2.75) is 62.6 Å². The normalized spacial score (nSPS) is 26.0. The quantitative estimate of drug-likeness (QED) is 0.542. The van der Waals surface area contributed by atoms with Crippen molar-refractivity contribution in [3.05, 3.63) is 29.8 Å². The first kappa shape index (κ1) is 19.7. The summed E-state index contributed by atoms with van der Waals surface area (Å²) in [7, 11) is 0. The van der Waals surface area contributed by atoms with Crippen LogP contribution in [0.25, 0.3) is 0 Å². The number of amides is 1. The summed E-state index contributed by atoms with van der Waals surface area (Å²) in [5, 5.41) is 3.01. The van der Waals surface area contributed by atoms with Gasteiger partial charge in [0.25, 0.3) is 5.91 Å². The Kier molecular flexibility index (Phi) is 7.84. The van der Waals surface area contributed by atoms with E-state index in [2.05, 4.69) is 12.2 Å². The molecule has 1 aromatic rings. The standard InChI is InChI=1S/C21H31NO3S/c1-16-7-2-4-10-19(16)25-14-12-22-21(23)18-9-3-5-11-20(18)26-15-17-8-6-13-24-17/h3,5,9,11,16-17,19H,2,4,6-8,10,12-15H2,1H3,(H,22,23). The lowest BCUT2D eigenvalue weighted by Gasteiger charge is -2.28. The fraction of sp³-hybridized carbons (Fsp3) is 0.667. The average molecular weight is 378 g/mol. The minimum absolute atomic E-state index is 0.0132. The van der Waals surface area contributed by atoms with E-state index in [0.717, 1.165) is 42.1 Å². The third-order valence-electron chi connectivity index (χ3n) is 5.33. The first-order valence-corrected chi connectivity index (χ1v) is 11.0. The van der Waals surface area contributed by atoms with E-state index in [1.165, 1.54) is 19.3 Å². The molecule has 2 aliphatic rings. The van der Waals surface area contributed by atoms with Crippen LogP contribution >= 0.6 is 11.8 Å². The van der Waals surface area contributed by atoms with Gasteiger partial charge in [0.05, 0.1) is 24.4 Å². The molecule has 0 aromatic heterocycles. The number of carbonyl (C=O) groups excluding carboxylic acids is 1. The molecular weight excluding hydrogens is 346 g/mol. The molecule has 1 amide bonds. The summed E-state index contributed by atoms with van der Waals surface area (Å²) in [5.41, 5.74) is 0.751. The molecule has 0 bridgehead atoms. The minimum atomic E-state index is -0.0132. The maximum Gasteiger partial charge on any atom is 0.252 e. The monoisotopic (exact) mass is 377 g/mol. The molecule has 1 saturated heterocycles. The summed E-state index contributed by atoms with van der Waals surface area (Å²) in [5.74, 6) is 1.53. The van der Waals surface area contributed by atoms with Crippen molar-refractivity contribution in [3.63, 3.8) is 0 Å². The Bertz CT molecular complexity index is 574. The van der Waals surface area contributed by atoms with E-state index < -0.39 is 0 Å². The van der Waals surface area contributed by atoms with Crippen LogP contribution in [0.4, 0.5) is 0 Å². The Morgan fingerprint density at radius 1 is 1.23 bits per heavy atom. The summed E-state index contributed by atoms with van der Waals surface area (Å²) in [4.78, 5) is 13.6. The Balaban J connectivity index is 1.43.